The Morgan fingerprint density at radius 1 is 1.67 bits per heavy atom. The van der Waals surface area contributed by atoms with Crippen molar-refractivity contribution >= 4 is 11.8 Å². The molecular weight excluding hydrogens is 202 g/mol. The predicted molar refractivity (Wildman–Crippen MR) is 48.7 cm³/mol. The third kappa shape index (κ3) is 3.02. The molecule has 0 fully saturated rings. The van der Waals surface area contributed by atoms with Gasteiger partial charge in [-0.1, -0.05) is 0 Å². The van der Waals surface area contributed by atoms with E-state index in [1.807, 2.05) is 0 Å². The molecule has 1 unspecified atom stereocenters. The van der Waals surface area contributed by atoms with Gasteiger partial charge in [0.25, 0.3) is 5.91 Å². The molecule has 0 saturated heterocycles. The van der Waals surface area contributed by atoms with Crippen LogP contribution in [-0.2, 0) is 4.79 Å². The Bertz CT molecular complexity index is 374. The topological polar surface area (TPSA) is 134 Å². The SMILES string of the molecule is Cc1nc(C(=O)NCC(O)C(N)=O)n[nH]1. The summed E-state index contributed by atoms with van der Waals surface area (Å²) in [5.74, 6) is -1.04. The molecule has 15 heavy (non-hydrogen) atoms. The van der Waals surface area contributed by atoms with Crippen LogP contribution in [0, 0.1) is 6.92 Å². The average molecular weight is 213 g/mol. The second kappa shape index (κ2) is 4.51. The standard InChI is InChI=1S/C7H11N5O3/c1-3-10-6(12-11-3)7(15)9-2-4(13)5(8)14/h4,13H,2H2,1H3,(H2,8,14)(H,9,15)(H,10,11,12). The number of aromatic nitrogens is 3. The molecule has 0 aliphatic carbocycles. The van der Waals surface area contributed by atoms with E-state index in [2.05, 4.69) is 20.5 Å². The molecule has 1 rings (SSSR count). The summed E-state index contributed by atoms with van der Waals surface area (Å²) in [6.45, 7) is 1.38. The van der Waals surface area contributed by atoms with Crippen LogP contribution in [0.5, 0.6) is 0 Å². The van der Waals surface area contributed by atoms with Crippen molar-refractivity contribution in [3.05, 3.63) is 11.6 Å². The molecule has 8 nitrogen and oxygen atoms in total. The van der Waals surface area contributed by atoms with Gasteiger partial charge in [-0.15, -0.1) is 5.10 Å². The van der Waals surface area contributed by atoms with E-state index in [4.69, 9.17) is 10.8 Å². The van der Waals surface area contributed by atoms with E-state index in [9.17, 15) is 9.59 Å². The lowest BCUT2D eigenvalue weighted by Crippen LogP contribution is -2.40. The first-order valence-electron chi connectivity index (χ1n) is 4.15. The molecule has 0 aliphatic rings. The molecule has 5 N–H and O–H groups in total. The second-order valence-corrected chi connectivity index (χ2v) is 2.87. The fraction of sp³-hybridized carbons (Fsp3) is 0.429. The van der Waals surface area contributed by atoms with Crippen molar-refractivity contribution in [2.75, 3.05) is 6.54 Å². The Morgan fingerprint density at radius 3 is 2.80 bits per heavy atom. The van der Waals surface area contributed by atoms with Gasteiger partial charge in [0.15, 0.2) is 0 Å². The van der Waals surface area contributed by atoms with Crippen molar-refractivity contribution in [3.8, 4) is 0 Å². The summed E-state index contributed by atoms with van der Waals surface area (Å²) in [4.78, 5) is 25.5. The molecule has 2 amide bonds. The number of aliphatic hydroxyl groups excluding tert-OH is 1. The van der Waals surface area contributed by atoms with Crippen LogP contribution in [0.3, 0.4) is 0 Å². The van der Waals surface area contributed by atoms with Crippen molar-refractivity contribution in [2.45, 2.75) is 13.0 Å². The highest BCUT2D eigenvalue weighted by Crippen LogP contribution is 1.90. The van der Waals surface area contributed by atoms with Gasteiger partial charge < -0.3 is 16.2 Å². The maximum Gasteiger partial charge on any atom is 0.291 e. The highest BCUT2D eigenvalue weighted by molar-refractivity contribution is 5.90. The van der Waals surface area contributed by atoms with E-state index in [1.165, 1.54) is 0 Å². The van der Waals surface area contributed by atoms with Crippen molar-refractivity contribution in [2.24, 2.45) is 5.73 Å². The van der Waals surface area contributed by atoms with E-state index in [-0.39, 0.29) is 12.4 Å². The van der Waals surface area contributed by atoms with Gasteiger partial charge in [-0.3, -0.25) is 14.7 Å². The Morgan fingerprint density at radius 2 is 2.33 bits per heavy atom. The Balaban J connectivity index is 2.47. The van der Waals surface area contributed by atoms with Crippen molar-refractivity contribution in [1.29, 1.82) is 0 Å². The van der Waals surface area contributed by atoms with Crippen LogP contribution in [0.25, 0.3) is 0 Å². The lowest BCUT2D eigenvalue weighted by molar-refractivity contribution is -0.125. The number of hydrogen-bond donors (Lipinski definition) is 4. The number of nitrogens with zero attached hydrogens (tertiary/aromatic N) is 2. The number of amides is 2. The van der Waals surface area contributed by atoms with E-state index in [0.29, 0.717) is 5.82 Å². The highest BCUT2D eigenvalue weighted by Gasteiger charge is 2.15. The van der Waals surface area contributed by atoms with Gasteiger partial charge in [0.05, 0.1) is 6.54 Å². The fourth-order valence-corrected chi connectivity index (χ4v) is 0.813. The van der Waals surface area contributed by atoms with Crippen molar-refractivity contribution in [3.63, 3.8) is 0 Å². The Labute approximate surface area is 84.9 Å². The molecule has 8 heteroatoms. The van der Waals surface area contributed by atoms with Gasteiger partial charge in [0.2, 0.25) is 11.7 Å². The van der Waals surface area contributed by atoms with E-state index in [0.717, 1.165) is 0 Å². The third-order valence-corrected chi connectivity index (χ3v) is 1.58. The number of aromatic amines is 1. The molecule has 0 spiro atoms. The normalized spacial score (nSPS) is 12.1. The minimum Gasteiger partial charge on any atom is -0.381 e. The fourth-order valence-electron chi connectivity index (χ4n) is 0.813. The number of carbonyl (C=O) groups excluding carboxylic acids is 2. The quantitative estimate of drug-likeness (QED) is 0.445. The van der Waals surface area contributed by atoms with Crippen LogP contribution in [0.1, 0.15) is 16.4 Å². The summed E-state index contributed by atoms with van der Waals surface area (Å²) in [5, 5.41) is 17.3. The van der Waals surface area contributed by atoms with Gasteiger partial charge in [-0.2, -0.15) is 0 Å². The van der Waals surface area contributed by atoms with Gasteiger partial charge in [-0.05, 0) is 6.92 Å². The number of nitrogens with two attached hydrogens (primary N) is 1. The number of aliphatic hydroxyl groups is 1. The largest absolute Gasteiger partial charge is 0.381 e. The molecule has 0 radical (unpaired) electrons. The summed E-state index contributed by atoms with van der Waals surface area (Å²) >= 11 is 0. The third-order valence-electron chi connectivity index (χ3n) is 1.58. The molecule has 0 saturated carbocycles. The zero-order valence-electron chi connectivity index (χ0n) is 8.02. The molecule has 0 aliphatic heterocycles. The van der Waals surface area contributed by atoms with Crippen LogP contribution >= 0.6 is 0 Å². The monoisotopic (exact) mass is 213 g/mol. The minimum absolute atomic E-state index is 0.0517. The van der Waals surface area contributed by atoms with E-state index < -0.39 is 17.9 Å². The Kier molecular flexibility index (Phi) is 3.34. The molecule has 1 atom stereocenters. The minimum atomic E-state index is -1.41. The predicted octanol–water partition coefficient (Wildman–Crippen LogP) is -2.31. The summed E-state index contributed by atoms with van der Waals surface area (Å²) in [6.07, 6.45) is -1.41. The van der Waals surface area contributed by atoms with Crippen LogP contribution < -0.4 is 11.1 Å². The number of rotatable bonds is 4. The second-order valence-electron chi connectivity index (χ2n) is 2.87. The summed E-state index contributed by atoms with van der Waals surface area (Å²) in [7, 11) is 0. The molecule has 0 bridgehead atoms. The lowest BCUT2D eigenvalue weighted by Gasteiger charge is -2.06. The van der Waals surface area contributed by atoms with Gasteiger partial charge in [0.1, 0.15) is 11.9 Å². The first-order chi connectivity index (χ1) is 7.00. The highest BCUT2D eigenvalue weighted by atomic mass is 16.3. The number of aryl methyl sites for hydroxylation is 1. The zero-order chi connectivity index (χ0) is 11.4. The maximum atomic E-state index is 11.3. The van der Waals surface area contributed by atoms with Crippen molar-refractivity contribution in [1.82, 2.24) is 20.5 Å². The van der Waals surface area contributed by atoms with Gasteiger partial charge in [-0.25, -0.2) is 4.98 Å². The number of carbonyl (C=O) groups is 2. The van der Waals surface area contributed by atoms with Crippen LogP contribution in [0.2, 0.25) is 0 Å². The van der Waals surface area contributed by atoms with Crippen LogP contribution in [0.4, 0.5) is 0 Å². The number of hydrogen-bond acceptors (Lipinski definition) is 5. The molecular formula is C7H11N5O3. The molecule has 0 aromatic carbocycles. The number of nitrogens with one attached hydrogen (secondary N) is 2. The lowest BCUT2D eigenvalue weighted by atomic mass is 10.3. The maximum absolute atomic E-state index is 11.3. The summed E-state index contributed by atoms with van der Waals surface area (Å²) in [5.41, 5.74) is 4.79. The first kappa shape index (κ1) is 11.1. The van der Waals surface area contributed by atoms with E-state index >= 15 is 0 Å². The molecule has 82 valence electrons. The Hall–Kier alpha value is -1.96. The zero-order valence-corrected chi connectivity index (χ0v) is 8.02. The number of primary amides is 1. The number of H-pyrrole nitrogens is 1. The van der Waals surface area contributed by atoms with Crippen molar-refractivity contribution < 1.29 is 14.7 Å². The first-order valence-corrected chi connectivity index (χ1v) is 4.15. The molecule has 1 heterocycles. The summed E-state index contributed by atoms with van der Waals surface area (Å²) in [6, 6.07) is 0. The molecule has 1 aromatic rings. The molecule has 1 aromatic heterocycles. The van der Waals surface area contributed by atoms with Crippen LogP contribution in [0.15, 0.2) is 0 Å². The van der Waals surface area contributed by atoms with E-state index in [1.54, 1.807) is 6.92 Å². The van der Waals surface area contributed by atoms with Gasteiger partial charge in [0, 0.05) is 0 Å². The summed E-state index contributed by atoms with van der Waals surface area (Å²) < 4.78 is 0. The van der Waals surface area contributed by atoms with Crippen LogP contribution in [-0.4, -0.2) is 44.8 Å². The average Bonchev–Trinajstić information content (AvgIpc) is 2.60. The smallest absolute Gasteiger partial charge is 0.291 e. The van der Waals surface area contributed by atoms with Gasteiger partial charge >= 0.3 is 0 Å².